The summed E-state index contributed by atoms with van der Waals surface area (Å²) in [5, 5.41) is 0. The molecule has 0 aromatic rings. The molecule has 1 nitrogen and oxygen atoms in total. The molecule has 1 heteroatoms. The van der Waals surface area contributed by atoms with Gasteiger partial charge in [-0.1, -0.05) is 52.5 Å². The number of carbonyl (C=O) groups excluding carboxylic acids is 1. The van der Waals surface area contributed by atoms with E-state index in [1.165, 1.54) is 38.5 Å². The molecule has 0 unspecified atom stereocenters. The first-order valence-electron chi connectivity index (χ1n) is 6.16. The molecule has 88 valence electrons. The van der Waals surface area contributed by atoms with Crippen LogP contribution < -0.4 is 0 Å². The van der Waals surface area contributed by atoms with Crippen molar-refractivity contribution >= 4 is 6.29 Å². The summed E-state index contributed by atoms with van der Waals surface area (Å²) in [5.41, 5.74) is 0.493. The lowest BCUT2D eigenvalue weighted by atomic mass is 9.89. The summed E-state index contributed by atoms with van der Waals surface area (Å²) in [7, 11) is 0. The number of hydrogen-bond donors (Lipinski definition) is 0. The molecule has 0 radical (unpaired) electrons. The zero-order chi connectivity index (χ0) is 11.6. The summed E-state index contributed by atoms with van der Waals surface area (Å²) < 4.78 is 0. The van der Waals surface area contributed by atoms with Gasteiger partial charge in [0.2, 0.25) is 0 Å². The Morgan fingerprint density at radius 3 is 2.13 bits per heavy atom. The largest absolute Gasteiger partial charge is 0.299 e. The van der Waals surface area contributed by atoms with Crippen LogP contribution >= 0.6 is 0 Å². The maximum absolute atomic E-state index is 9.99. The van der Waals surface area contributed by atoms with Crippen molar-refractivity contribution in [2.75, 3.05) is 0 Å². The first-order chi connectivity index (χ1) is 7.06. The second-order valence-corrected chi connectivity index (χ2v) is 5.43. The van der Waals surface area contributed by atoms with E-state index in [0.29, 0.717) is 5.41 Å². The molecule has 0 aliphatic heterocycles. The maximum atomic E-state index is 9.99. The summed E-state index contributed by atoms with van der Waals surface area (Å²) in [5.74, 6) is 0. The van der Waals surface area contributed by atoms with E-state index in [9.17, 15) is 4.79 Å². The topological polar surface area (TPSA) is 17.1 Å². The maximum Gasteiger partial charge on any atom is 0.142 e. The van der Waals surface area contributed by atoms with E-state index in [0.717, 1.165) is 12.7 Å². The van der Waals surface area contributed by atoms with Crippen molar-refractivity contribution in [3.63, 3.8) is 0 Å². The lowest BCUT2D eigenvalue weighted by molar-refractivity contribution is -0.104. The van der Waals surface area contributed by atoms with Gasteiger partial charge in [-0.3, -0.25) is 4.79 Å². The van der Waals surface area contributed by atoms with Crippen LogP contribution in [0, 0.1) is 5.41 Å². The zero-order valence-corrected chi connectivity index (χ0v) is 10.6. The van der Waals surface area contributed by atoms with Crippen LogP contribution in [-0.4, -0.2) is 6.29 Å². The summed E-state index contributed by atoms with van der Waals surface area (Å²) in [6, 6.07) is 0. The highest BCUT2D eigenvalue weighted by Gasteiger charge is 2.08. The highest BCUT2D eigenvalue weighted by Crippen LogP contribution is 2.22. The molecule has 0 aromatic heterocycles. The normalized spacial score (nSPS) is 12.2. The minimum absolute atomic E-state index is 0.493. The Hall–Kier alpha value is -0.590. The van der Waals surface area contributed by atoms with Gasteiger partial charge in [0.05, 0.1) is 0 Å². The fraction of sp³-hybridized carbons (Fsp3) is 0.786. The number of hydrogen-bond acceptors (Lipinski definition) is 1. The van der Waals surface area contributed by atoms with Gasteiger partial charge in [0.1, 0.15) is 6.29 Å². The van der Waals surface area contributed by atoms with E-state index >= 15 is 0 Å². The predicted octanol–water partition coefficient (Wildman–Crippen LogP) is 4.52. The predicted molar refractivity (Wildman–Crippen MR) is 67.0 cm³/mol. The smallest absolute Gasteiger partial charge is 0.142 e. The van der Waals surface area contributed by atoms with E-state index in [-0.39, 0.29) is 0 Å². The van der Waals surface area contributed by atoms with Crippen molar-refractivity contribution < 1.29 is 4.79 Å². The Morgan fingerprint density at radius 1 is 0.933 bits per heavy atom. The summed E-state index contributed by atoms with van der Waals surface area (Å²) in [6.07, 6.45) is 13.4. The molecule has 0 N–H and O–H groups in total. The molecule has 0 atom stereocenters. The molecular formula is C14H26O. The Kier molecular flexibility index (Phi) is 8.35. The van der Waals surface area contributed by atoms with E-state index in [4.69, 9.17) is 0 Å². The van der Waals surface area contributed by atoms with Gasteiger partial charge in [0, 0.05) is 0 Å². The number of aldehydes is 1. The Morgan fingerprint density at radius 2 is 1.53 bits per heavy atom. The van der Waals surface area contributed by atoms with Crippen molar-refractivity contribution in [3.05, 3.63) is 12.2 Å². The molecule has 0 saturated heterocycles. The molecule has 0 aliphatic rings. The van der Waals surface area contributed by atoms with Gasteiger partial charge in [-0.05, 0) is 30.8 Å². The first kappa shape index (κ1) is 14.4. The van der Waals surface area contributed by atoms with Crippen LogP contribution in [0.15, 0.2) is 12.2 Å². The van der Waals surface area contributed by atoms with Crippen molar-refractivity contribution in [2.24, 2.45) is 5.41 Å². The van der Waals surface area contributed by atoms with Crippen LogP contribution in [0.4, 0.5) is 0 Å². The summed E-state index contributed by atoms with van der Waals surface area (Å²) in [6.45, 7) is 6.91. The third-order valence-corrected chi connectivity index (χ3v) is 2.51. The monoisotopic (exact) mass is 210 g/mol. The van der Waals surface area contributed by atoms with Crippen LogP contribution in [-0.2, 0) is 4.79 Å². The molecule has 0 aromatic carbocycles. The Balaban J connectivity index is 3.12. The average Bonchev–Trinajstić information content (AvgIpc) is 2.14. The minimum atomic E-state index is 0.493. The summed E-state index contributed by atoms with van der Waals surface area (Å²) in [4.78, 5) is 9.99. The first-order valence-corrected chi connectivity index (χ1v) is 6.16. The SMILES string of the molecule is CC(C)(C)CCCCCCCC=CC=O. The highest BCUT2D eigenvalue weighted by atomic mass is 16.1. The number of unbranched alkanes of at least 4 members (excludes halogenated alkanes) is 5. The molecule has 0 heterocycles. The average molecular weight is 210 g/mol. The van der Waals surface area contributed by atoms with Gasteiger partial charge in [0.25, 0.3) is 0 Å². The van der Waals surface area contributed by atoms with Crippen molar-refractivity contribution in [2.45, 2.75) is 65.7 Å². The van der Waals surface area contributed by atoms with Gasteiger partial charge >= 0.3 is 0 Å². The van der Waals surface area contributed by atoms with Crippen molar-refractivity contribution in [3.8, 4) is 0 Å². The fourth-order valence-corrected chi connectivity index (χ4v) is 1.60. The van der Waals surface area contributed by atoms with Crippen molar-refractivity contribution in [1.82, 2.24) is 0 Å². The van der Waals surface area contributed by atoms with Gasteiger partial charge in [-0.25, -0.2) is 0 Å². The van der Waals surface area contributed by atoms with E-state index < -0.39 is 0 Å². The lowest BCUT2D eigenvalue weighted by Gasteiger charge is -2.17. The van der Waals surface area contributed by atoms with Gasteiger partial charge in [-0.2, -0.15) is 0 Å². The molecule has 0 fully saturated rings. The molecular weight excluding hydrogens is 184 g/mol. The number of rotatable bonds is 8. The second kappa shape index (κ2) is 8.70. The molecule has 0 aliphatic carbocycles. The number of carbonyl (C=O) groups is 1. The lowest BCUT2D eigenvalue weighted by Crippen LogP contribution is -2.03. The second-order valence-electron chi connectivity index (χ2n) is 5.43. The summed E-state index contributed by atoms with van der Waals surface area (Å²) >= 11 is 0. The standard InChI is InChI=1S/C14H26O/c1-14(2,3)12-10-8-6-4-5-7-9-11-13-15/h9,11,13H,4-8,10,12H2,1-3H3. The van der Waals surface area contributed by atoms with E-state index in [1.807, 2.05) is 6.08 Å². The van der Waals surface area contributed by atoms with Gasteiger partial charge < -0.3 is 0 Å². The van der Waals surface area contributed by atoms with Crippen molar-refractivity contribution in [1.29, 1.82) is 0 Å². The molecule has 0 bridgehead atoms. The van der Waals surface area contributed by atoms with Crippen LogP contribution in [0.3, 0.4) is 0 Å². The molecule has 0 spiro atoms. The van der Waals surface area contributed by atoms with Crippen LogP contribution in [0.2, 0.25) is 0 Å². The molecule has 15 heavy (non-hydrogen) atoms. The fourth-order valence-electron chi connectivity index (χ4n) is 1.60. The van der Waals surface area contributed by atoms with E-state index in [1.54, 1.807) is 6.08 Å². The number of allylic oxidation sites excluding steroid dienone is 2. The molecule has 0 saturated carbocycles. The highest BCUT2D eigenvalue weighted by molar-refractivity contribution is 5.64. The van der Waals surface area contributed by atoms with E-state index in [2.05, 4.69) is 20.8 Å². The molecule has 0 rings (SSSR count). The van der Waals surface area contributed by atoms with Crippen LogP contribution in [0.25, 0.3) is 0 Å². The molecule has 0 amide bonds. The van der Waals surface area contributed by atoms with Gasteiger partial charge in [-0.15, -0.1) is 0 Å². The van der Waals surface area contributed by atoms with Gasteiger partial charge in [0.15, 0.2) is 0 Å². The quantitative estimate of drug-likeness (QED) is 0.327. The Labute approximate surface area is 95.0 Å². The third kappa shape index (κ3) is 13.4. The van der Waals surface area contributed by atoms with Crippen LogP contribution in [0.1, 0.15) is 65.7 Å². The Bertz CT molecular complexity index is 174. The minimum Gasteiger partial charge on any atom is -0.299 e. The zero-order valence-electron chi connectivity index (χ0n) is 10.6. The third-order valence-electron chi connectivity index (χ3n) is 2.51. The van der Waals surface area contributed by atoms with Crippen LogP contribution in [0.5, 0.6) is 0 Å².